The Kier molecular flexibility index (Phi) is 6.34. The fraction of sp³-hybridized carbons (Fsp3) is 0.542. The Morgan fingerprint density at radius 2 is 1.75 bits per heavy atom. The molecule has 0 radical (unpaired) electrons. The highest BCUT2D eigenvalue weighted by Gasteiger charge is 2.37. The number of nitrogens with one attached hydrogen (secondary N) is 1. The number of dihydropyridines is 1. The van der Waals surface area contributed by atoms with E-state index in [1.54, 1.807) is 14.2 Å². The maximum atomic E-state index is 10.1. The lowest BCUT2D eigenvalue weighted by molar-refractivity contribution is 0.313. The van der Waals surface area contributed by atoms with E-state index in [2.05, 4.69) is 38.2 Å². The van der Waals surface area contributed by atoms with Gasteiger partial charge in [-0.2, -0.15) is 5.26 Å². The summed E-state index contributed by atoms with van der Waals surface area (Å²) >= 11 is 0. The normalized spacial score (nSPS) is 20.8. The highest BCUT2D eigenvalue weighted by atomic mass is 16.5. The molecule has 1 atom stereocenters. The van der Waals surface area contributed by atoms with Crippen LogP contribution in [-0.4, -0.2) is 14.2 Å². The molecule has 0 aromatic heterocycles. The molecular formula is C24H32N2O2. The first-order valence-corrected chi connectivity index (χ1v) is 10.4. The van der Waals surface area contributed by atoms with Crippen molar-refractivity contribution >= 4 is 5.57 Å². The zero-order valence-electron chi connectivity index (χ0n) is 17.8. The van der Waals surface area contributed by atoms with E-state index in [0.717, 1.165) is 34.0 Å². The van der Waals surface area contributed by atoms with Crippen LogP contribution in [0.15, 0.2) is 35.2 Å². The molecule has 1 aromatic rings. The van der Waals surface area contributed by atoms with Gasteiger partial charge in [-0.15, -0.1) is 0 Å². The van der Waals surface area contributed by atoms with E-state index >= 15 is 0 Å². The van der Waals surface area contributed by atoms with Crippen LogP contribution in [0.4, 0.5) is 0 Å². The van der Waals surface area contributed by atoms with Crippen molar-refractivity contribution in [2.24, 2.45) is 17.8 Å². The topological polar surface area (TPSA) is 54.3 Å². The van der Waals surface area contributed by atoms with Gasteiger partial charge in [-0.1, -0.05) is 39.2 Å². The Morgan fingerprint density at radius 3 is 2.32 bits per heavy atom. The van der Waals surface area contributed by atoms with Crippen molar-refractivity contribution in [3.63, 3.8) is 0 Å². The molecular weight excluding hydrogens is 348 g/mol. The van der Waals surface area contributed by atoms with Crippen LogP contribution < -0.4 is 14.8 Å². The molecule has 3 rings (SSSR count). The molecule has 2 aliphatic rings. The van der Waals surface area contributed by atoms with Gasteiger partial charge in [-0.3, -0.25) is 0 Å². The Balaban J connectivity index is 2.14. The Bertz CT molecular complexity index is 823. The first kappa shape index (κ1) is 20.3. The Morgan fingerprint density at radius 1 is 1.07 bits per heavy atom. The van der Waals surface area contributed by atoms with Crippen molar-refractivity contribution in [1.29, 1.82) is 5.26 Å². The second-order valence-corrected chi connectivity index (χ2v) is 8.20. The summed E-state index contributed by atoms with van der Waals surface area (Å²) in [5, 5.41) is 13.7. The summed E-state index contributed by atoms with van der Waals surface area (Å²) in [7, 11) is 3.32. The minimum Gasteiger partial charge on any atom is -0.493 e. The standard InChI is InChI=1S/C24H32N2O2/c1-15(2)24-19(14-25)23(17-9-7-6-8-10-17)22(16(3)26-24)18-11-12-20(27-4)21(13-18)28-5/h11-13,15,17,23,26H,6-10H2,1-5H3. The van der Waals surface area contributed by atoms with Gasteiger partial charge in [-0.05, 0) is 54.9 Å². The van der Waals surface area contributed by atoms with Crippen molar-refractivity contribution in [3.05, 3.63) is 40.7 Å². The molecule has 1 heterocycles. The molecule has 150 valence electrons. The zero-order valence-corrected chi connectivity index (χ0v) is 17.8. The van der Waals surface area contributed by atoms with E-state index in [0.29, 0.717) is 11.8 Å². The molecule has 0 spiro atoms. The number of hydrogen-bond acceptors (Lipinski definition) is 4. The van der Waals surface area contributed by atoms with Crippen LogP contribution in [0.25, 0.3) is 5.57 Å². The second-order valence-electron chi connectivity index (χ2n) is 8.20. The first-order chi connectivity index (χ1) is 13.5. The van der Waals surface area contributed by atoms with Crippen molar-refractivity contribution in [2.45, 2.75) is 52.9 Å². The van der Waals surface area contributed by atoms with E-state index in [4.69, 9.17) is 9.47 Å². The molecule has 4 heteroatoms. The number of hydrogen-bond donors (Lipinski definition) is 1. The van der Waals surface area contributed by atoms with Crippen LogP contribution in [0.2, 0.25) is 0 Å². The number of methoxy groups -OCH3 is 2. The summed E-state index contributed by atoms with van der Waals surface area (Å²) in [6, 6.07) is 8.68. The van der Waals surface area contributed by atoms with Crippen LogP contribution in [0, 0.1) is 29.1 Å². The lowest BCUT2D eigenvalue weighted by atomic mass is 9.69. The van der Waals surface area contributed by atoms with Gasteiger partial charge in [0, 0.05) is 17.3 Å². The molecule has 1 aliphatic carbocycles. The molecule has 1 N–H and O–H groups in total. The van der Waals surface area contributed by atoms with E-state index < -0.39 is 0 Å². The van der Waals surface area contributed by atoms with Gasteiger partial charge in [0.15, 0.2) is 11.5 Å². The average molecular weight is 381 g/mol. The predicted molar refractivity (Wildman–Crippen MR) is 113 cm³/mol. The Labute approximate surface area is 169 Å². The fourth-order valence-corrected chi connectivity index (χ4v) is 4.81. The lowest BCUT2D eigenvalue weighted by Crippen LogP contribution is -2.32. The van der Waals surface area contributed by atoms with Crippen molar-refractivity contribution < 1.29 is 9.47 Å². The van der Waals surface area contributed by atoms with E-state index in [9.17, 15) is 5.26 Å². The lowest BCUT2D eigenvalue weighted by Gasteiger charge is -2.38. The van der Waals surface area contributed by atoms with Crippen LogP contribution >= 0.6 is 0 Å². The van der Waals surface area contributed by atoms with E-state index in [-0.39, 0.29) is 5.92 Å². The van der Waals surface area contributed by atoms with Crippen LogP contribution in [0.5, 0.6) is 11.5 Å². The molecule has 1 unspecified atom stereocenters. The largest absolute Gasteiger partial charge is 0.493 e. The van der Waals surface area contributed by atoms with Gasteiger partial charge >= 0.3 is 0 Å². The summed E-state index contributed by atoms with van der Waals surface area (Å²) in [6.07, 6.45) is 6.18. The molecule has 1 aromatic carbocycles. The predicted octanol–water partition coefficient (Wildman–Crippen LogP) is 5.67. The van der Waals surface area contributed by atoms with Crippen molar-refractivity contribution in [3.8, 4) is 17.6 Å². The Hall–Kier alpha value is -2.41. The van der Waals surface area contributed by atoms with E-state index in [1.165, 1.54) is 37.7 Å². The number of benzene rings is 1. The van der Waals surface area contributed by atoms with Crippen LogP contribution in [0.1, 0.15) is 58.4 Å². The number of allylic oxidation sites excluding steroid dienone is 4. The van der Waals surface area contributed by atoms with Crippen LogP contribution in [-0.2, 0) is 0 Å². The first-order valence-electron chi connectivity index (χ1n) is 10.4. The van der Waals surface area contributed by atoms with Gasteiger partial charge in [0.1, 0.15) is 0 Å². The second kappa shape index (κ2) is 8.73. The van der Waals surface area contributed by atoms with Crippen molar-refractivity contribution in [1.82, 2.24) is 5.32 Å². The van der Waals surface area contributed by atoms with Crippen LogP contribution in [0.3, 0.4) is 0 Å². The number of nitrogens with zero attached hydrogens (tertiary/aromatic N) is 1. The number of ether oxygens (including phenoxy) is 2. The molecule has 0 saturated heterocycles. The number of rotatable bonds is 5. The monoisotopic (exact) mass is 380 g/mol. The third kappa shape index (κ3) is 3.76. The van der Waals surface area contributed by atoms with Gasteiger partial charge in [-0.25, -0.2) is 0 Å². The number of nitriles is 1. The molecule has 0 amide bonds. The molecule has 1 aliphatic heterocycles. The summed E-state index contributed by atoms with van der Waals surface area (Å²) in [5.74, 6) is 2.39. The minimum absolute atomic E-state index is 0.141. The molecule has 4 nitrogen and oxygen atoms in total. The highest BCUT2D eigenvalue weighted by Crippen LogP contribution is 2.47. The SMILES string of the molecule is COc1ccc(C2=C(C)NC(C(C)C)=C(C#N)C2C2CCCCC2)cc1OC. The van der Waals surface area contributed by atoms with Gasteiger partial charge < -0.3 is 14.8 Å². The summed E-state index contributed by atoms with van der Waals surface area (Å²) in [6.45, 7) is 6.46. The maximum absolute atomic E-state index is 10.1. The molecule has 1 saturated carbocycles. The molecule has 28 heavy (non-hydrogen) atoms. The summed E-state index contributed by atoms with van der Waals surface area (Å²) in [4.78, 5) is 0. The third-order valence-electron chi connectivity index (χ3n) is 6.15. The fourth-order valence-electron chi connectivity index (χ4n) is 4.81. The minimum atomic E-state index is 0.141. The third-order valence-corrected chi connectivity index (χ3v) is 6.15. The summed E-state index contributed by atoms with van der Waals surface area (Å²) in [5.41, 5.74) is 5.48. The highest BCUT2D eigenvalue weighted by molar-refractivity contribution is 5.77. The van der Waals surface area contributed by atoms with E-state index in [1.807, 2.05) is 12.1 Å². The summed E-state index contributed by atoms with van der Waals surface area (Å²) < 4.78 is 11.0. The quantitative estimate of drug-likeness (QED) is 0.715. The molecule has 0 bridgehead atoms. The molecule has 1 fully saturated rings. The van der Waals surface area contributed by atoms with Gasteiger partial charge in [0.05, 0.1) is 25.9 Å². The average Bonchev–Trinajstić information content (AvgIpc) is 2.72. The maximum Gasteiger partial charge on any atom is 0.161 e. The van der Waals surface area contributed by atoms with Crippen molar-refractivity contribution in [2.75, 3.05) is 14.2 Å². The van der Waals surface area contributed by atoms with Gasteiger partial charge in [0.2, 0.25) is 0 Å². The zero-order chi connectivity index (χ0) is 20.3. The smallest absolute Gasteiger partial charge is 0.161 e. The van der Waals surface area contributed by atoms with Gasteiger partial charge in [0.25, 0.3) is 0 Å².